The van der Waals surface area contributed by atoms with E-state index in [1.807, 2.05) is 0 Å². The van der Waals surface area contributed by atoms with Crippen molar-refractivity contribution in [3.05, 3.63) is 0 Å². The molecule has 0 unspecified atom stereocenters. The zero-order valence-electron chi connectivity index (χ0n) is 16.7. The minimum atomic E-state index is -1.12. The summed E-state index contributed by atoms with van der Waals surface area (Å²) < 4.78 is 26.6. The maximum atomic E-state index is 11.4. The van der Waals surface area contributed by atoms with Crippen molar-refractivity contribution in [2.45, 2.75) is 43.9 Å². The van der Waals surface area contributed by atoms with E-state index in [0.717, 1.165) is 6.42 Å². The molecule has 4 atom stereocenters. The number of amides is 1. The largest absolute Gasteiger partial charge is 0.394 e. The van der Waals surface area contributed by atoms with E-state index in [-0.39, 0.29) is 25.5 Å². The molecule has 1 aliphatic rings. The Morgan fingerprint density at radius 1 is 1.10 bits per heavy atom. The second-order valence-corrected chi connectivity index (χ2v) is 6.39. The summed E-state index contributed by atoms with van der Waals surface area (Å²) in [7, 11) is 0. The molecule has 0 aliphatic carbocycles. The molecule has 1 rings (SSSR count). The zero-order valence-corrected chi connectivity index (χ0v) is 16.7. The van der Waals surface area contributed by atoms with Gasteiger partial charge in [0.1, 0.15) is 18.8 Å². The highest BCUT2D eigenvalue weighted by molar-refractivity contribution is 5.77. The van der Waals surface area contributed by atoms with Crippen LogP contribution >= 0.6 is 0 Å². The third kappa shape index (κ3) is 12.1. The van der Waals surface area contributed by atoms with E-state index in [1.54, 1.807) is 0 Å². The van der Waals surface area contributed by atoms with Crippen LogP contribution in [0.4, 0.5) is 0 Å². The summed E-state index contributed by atoms with van der Waals surface area (Å²) in [4.78, 5) is 11.4. The number of aliphatic hydroxyl groups is 3. The monoisotopic (exact) mass is 419 g/mol. The maximum Gasteiger partial charge on any atom is 0.245 e. The number of hydrogen-bond acceptors (Lipinski definition) is 9. The summed E-state index contributed by atoms with van der Waals surface area (Å²) in [6.45, 7) is 2.08. The lowest BCUT2D eigenvalue weighted by molar-refractivity contribution is -0.259. The molecular formula is C19H33NO9. The molecule has 29 heavy (non-hydrogen) atoms. The lowest BCUT2D eigenvalue weighted by Crippen LogP contribution is -2.50. The highest BCUT2D eigenvalue weighted by Crippen LogP contribution is 2.20. The van der Waals surface area contributed by atoms with E-state index < -0.39 is 31.2 Å². The quantitative estimate of drug-likeness (QED) is 0.172. The maximum absolute atomic E-state index is 11.4. The highest BCUT2D eigenvalue weighted by Gasteiger charge is 2.36. The Balaban J connectivity index is 1.87. The molecule has 0 aromatic heterocycles. The second-order valence-electron chi connectivity index (χ2n) is 6.39. The first-order valence-electron chi connectivity index (χ1n) is 9.76. The fourth-order valence-corrected chi connectivity index (χ4v) is 2.49. The van der Waals surface area contributed by atoms with Gasteiger partial charge in [0.05, 0.1) is 52.4 Å². The number of carbonyl (C=O) groups is 1. The van der Waals surface area contributed by atoms with Gasteiger partial charge in [-0.05, 0) is 6.42 Å². The summed E-state index contributed by atoms with van der Waals surface area (Å²) >= 11 is 0. The van der Waals surface area contributed by atoms with Crippen LogP contribution in [0, 0.1) is 12.3 Å². The lowest BCUT2D eigenvalue weighted by atomic mass is 10.0. The number of hydrogen-bond donors (Lipinski definition) is 4. The summed E-state index contributed by atoms with van der Waals surface area (Å²) in [5.74, 6) is 2.32. The van der Waals surface area contributed by atoms with E-state index in [2.05, 4.69) is 11.2 Å². The van der Waals surface area contributed by atoms with Gasteiger partial charge in [-0.15, -0.1) is 12.3 Å². The number of rotatable bonds is 16. The third-order valence-corrected chi connectivity index (χ3v) is 4.04. The van der Waals surface area contributed by atoms with Gasteiger partial charge in [-0.3, -0.25) is 4.79 Å². The van der Waals surface area contributed by atoms with E-state index in [1.165, 1.54) is 0 Å². The Kier molecular flexibility index (Phi) is 14.6. The molecule has 0 bridgehead atoms. The average Bonchev–Trinajstić information content (AvgIpc) is 2.71. The standard InChI is InChI=1S/C19H33NO9/c1-2-3-4-5-20-17(23)14-27-9-8-25-6-7-26-10-11-28-18-12-15(22)19(24)16(13-21)29-18/h1,15-16,18-19,21-22,24H,3-14H2,(H,20,23)/t15-,16-,18-,19-/m1/s1. The van der Waals surface area contributed by atoms with E-state index in [4.69, 9.17) is 35.2 Å². The summed E-state index contributed by atoms with van der Waals surface area (Å²) in [5.41, 5.74) is 0. The molecule has 0 spiro atoms. The smallest absolute Gasteiger partial charge is 0.245 e. The zero-order chi connectivity index (χ0) is 21.3. The Labute approximate surface area is 171 Å². The Morgan fingerprint density at radius 3 is 2.41 bits per heavy atom. The van der Waals surface area contributed by atoms with E-state index >= 15 is 0 Å². The van der Waals surface area contributed by atoms with Gasteiger partial charge in [-0.2, -0.15) is 0 Å². The number of unbranched alkanes of at least 4 members (excludes halogenated alkanes) is 1. The minimum absolute atomic E-state index is 0.0145. The first kappa shape index (κ1) is 25.7. The molecule has 10 heteroatoms. The molecule has 0 radical (unpaired) electrons. The van der Waals surface area contributed by atoms with Gasteiger partial charge in [0.25, 0.3) is 0 Å². The number of ether oxygens (including phenoxy) is 5. The van der Waals surface area contributed by atoms with Crippen molar-refractivity contribution in [1.29, 1.82) is 0 Å². The van der Waals surface area contributed by atoms with Gasteiger partial charge in [0.2, 0.25) is 5.91 Å². The van der Waals surface area contributed by atoms with Crippen LogP contribution in [0.2, 0.25) is 0 Å². The van der Waals surface area contributed by atoms with Gasteiger partial charge in [-0.1, -0.05) is 0 Å². The molecule has 4 N–H and O–H groups in total. The number of aliphatic hydroxyl groups excluding tert-OH is 3. The van der Waals surface area contributed by atoms with Crippen molar-refractivity contribution < 1.29 is 43.8 Å². The van der Waals surface area contributed by atoms with Crippen LogP contribution in [0.1, 0.15) is 19.3 Å². The molecule has 10 nitrogen and oxygen atoms in total. The van der Waals surface area contributed by atoms with Crippen LogP contribution in [0.25, 0.3) is 0 Å². The average molecular weight is 419 g/mol. The van der Waals surface area contributed by atoms with Crippen LogP contribution in [-0.2, 0) is 28.5 Å². The molecule has 1 saturated heterocycles. The van der Waals surface area contributed by atoms with Gasteiger partial charge in [0.15, 0.2) is 6.29 Å². The minimum Gasteiger partial charge on any atom is -0.394 e. The molecule has 1 heterocycles. The van der Waals surface area contributed by atoms with E-state index in [0.29, 0.717) is 46.0 Å². The lowest BCUT2D eigenvalue weighted by Gasteiger charge is -2.35. The van der Waals surface area contributed by atoms with Gasteiger partial charge >= 0.3 is 0 Å². The molecule has 0 aromatic carbocycles. The van der Waals surface area contributed by atoms with Crippen molar-refractivity contribution in [3.8, 4) is 12.3 Å². The van der Waals surface area contributed by atoms with Gasteiger partial charge < -0.3 is 44.3 Å². The van der Waals surface area contributed by atoms with E-state index in [9.17, 15) is 15.0 Å². The molecule has 0 aromatic rings. The fraction of sp³-hybridized carbons (Fsp3) is 0.842. The number of nitrogens with one attached hydrogen (secondary N) is 1. The van der Waals surface area contributed by atoms with Gasteiger partial charge in [0, 0.05) is 19.4 Å². The van der Waals surface area contributed by atoms with Crippen LogP contribution in [0.3, 0.4) is 0 Å². The molecule has 168 valence electrons. The molecule has 1 fully saturated rings. The topological polar surface area (TPSA) is 136 Å². The first-order valence-corrected chi connectivity index (χ1v) is 9.76. The van der Waals surface area contributed by atoms with Crippen molar-refractivity contribution in [3.63, 3.8) is 0 Å². The number of terminal acetylenes is 1. The molecule has 0 saturated carbocycles. The Bertz CT molecular complexity index is 471. The Morgan fingerprint density at radius 2 is 1.76 bits per heavy atom. The van der Waals surface area contributed by atoms with Crippen molar-refractivity contribution in [1.82, 2.24) is 5.32 Å². The van der Waals surface area contributed by atoms with Crippen LogP contribution in [-0.4, -0.2) is 105 Å². The SMILES string of the molecule is C#CCCCNC(=O)COCCOCCOCCO[C@H]1C[C@@H](O)[C@@H](O)[C@@H](CO)O1. The van der Waals surface area contributed by atoms with Crippen molar-refractivity contribution in [2.24, 2.45) is 0 Å². The van der Waals surface area contributed by atoms with Gasteiger partial charge in [-0.25, -0.2) is 0 Å². The fourth-order valence-electron chi connectivity index (χ4n) is 2.49. The molecule has 1 aliphatic heterocycles. The first-order chi connectivity index (χ1) is 14.1. The normalized spacial score (nSPS) is 24.2. The van der Waals surface area contributed by atoms with Crippen molar-refractivity contribution >= 4 is 5.91 Å². The summed E-state index contributed by atoms with van der Waals surface area (Å²) in [6, 6.07) is 0. The molecular weight excluding hydrogens is 386 g/mol. The van der Waals surface area contributed by atoms with Crippen LogP contribution < -0.4 is 5.32 Å². The number of carbonyl (C=O) groups excluding carboxylic acids is 1. The predicted octanol–water partition coefficient (Wildman–Crippen LogP) is -1.59. The predicted molar refractivity (Wildman–Crippen MR) is 102 cm³/mol. The third-order valence-electron chi connectivity index (χ3n) is 4.04. The van der Waals surface area contributed by atoms with Crippen LogP contribution in [0.5, 0.6) is 0 Å². The summed E-state index contributed by atoms with van der Waals surface area (Å²) in [6.07, 6.45) is 2.96. The second kappa shape index (κ2) is 16.5. The Hall–Kier alpha value is -1.29. The summed E-state index contributed by atoms with van der Waals surface area (Å²) in [5, 5.41) is 31.1. The highest BCUT2D eigenvalue weighted by atomic mass is 16.7. The van der Waals surface area contributed by atoms with Crippen molar-refractivity contribution in [2.75, 3.05) is 59.4 Å². The van der Waals surface area contributed by atoms with Crippen LogP contribution in [0.15, 0.2) is 0 Å². The molecule has 1 amide bonds.